The van der Waals surface area contributed by atoms with E-state index in [4.69, 9.17) is 26.6 Å². The fourth-order valence-corrected chi connectivity index (χ4v) is 3.71. The molecule has 0 atom stereocenters. The number of pyridine rings is 1. The summed E-state index contributed by atoms with van der Waals surface area (Å²) < 4.78 is 0. The second-order valence-electron chi connectivity index (χ2n) is 7.15. The Labute approximate surface area is 185 Å². The zero-order valence-electron chi connectivity index (χ0n) is 16.7. The maximum atomic E-state index is 6.70. The molecule has 0 aliphatic rings. The molecule has 1 N–H and O–H groups in total. The van der Waals surface area contributed by atoms with Gasteiger partial charge >= 0.3 is 0 Å². The average Bonchev–Trinajstić information content (AvgIpc) is 2.84. The number of fused-ring (bicyclic) bond motifs is 1. The molecular weight excluding hydrogens is 404 g/mol. The molecule has 0 bridgehead atoms. The van der Waals surface area contributed by atoms with Gasteiger partial charge in [0, 0.05) is 17.7 Å². The third-order valence-corrected chi connectivity index (χ3v) is 5.30. The molecule has 0 amide bonds. The van der Waals surface area contributed by atoms with E-state index in [9.17, 15) is 0 Å². The van der Waals surface area contributed by atoms with Gasteiger partial charge in [0.1, 0.15) is 16.7 Å². The van der Waals surface area contributed by atoms with Gasteiger partial charge in [-0.05, 0) is 11.6 Å². The van der Waals surface area contributed by atoms with Crippen molar-refractivity contribution in [1.29, 1.82) is 0 Å². The molecule has 0 radical (unpaired) electrons. The average molecular weight is 423 g/mol. The highest BCUT2D eigenvalue weighted by Gasteiger charge is 2.16. The molecule has 0 aliphatic carbocycles. The van der Waals surface area contributed by atoms with Crippen LogP contribution in [0.2, 0.25) is 5.02 Å². The first-order chi connectivity index (χ1) is 15.3. The minimum atomic E-state index is 0.520. The molecule has 5 rings (SSSR count). The highest BCUT2D eigenvalue weighted by atomic mass is 35.5. The summed E-state index contributed by atoms with van der Waals surface area (Å²) in [5.74, 6) is 0.520. The van der Waals surface area contributed by atoms with Crippen LogP contribution in [0.1, 0.15) is 5.56 Å². The number of halogens is 1. The van der Waals surface area contributed by atoms with Crippen molar-refractivity contribution in [2.24, 2.45) is 0 Å². The Balaban J connectivity index is 1.65. The van der Waals surface area contributed by atoms with Gasteiger partial charge in [-0.25, -0.2) is 15.0 Å². The lowest BCUT2D eigenvalue weighted by molar-refractivity contribution is 1.07. The minimum absolute atomic E-state index is 0.520. The van der Waals surface area contributed by atoms with Crippen LogP contribution in [-0.2, 0) is 6.54 Å². The molecule has 3 aromatic carbocycles. The number of anilines is 1. The van der Waals surface area contributed by atoms with Crippen molar-refractivity contribution in [1.82, 2.24) is 15.0 Å². The monoisotopic (exact) mass is 422 g/mol. The summed E-state index contributed by atoms with van der Waals surface area (Å²) in [5, 5.41) is 3.88. The Morgan fingerprint density at radius 2 is 1.26 bits per heavy atom. The zero-order chi connectivity index (χ0) is 21.0. The molecule has 0 aliphatic heterocycles. The van der Waals surface area contributed by atoms with Gasteiger partial charge < -0.3 is 5.32 Å². The molecule has 0 spiro atoms. The van der Waals surface area contributed by atoms with Crippen LogP contribution in [0.4, 0.5) is 5.95 Å². The van der Waals surface area contributed by atoms with Gasteiger partial charge in [-0.3, -0.25) is 0 Å². The van der Waals surface area contributed by atoms with Gasteiger partial charge in [0.25, 0.3) is 0 Å². The largest absolute Gasteiger partial charge is 0.350 e. The Bertz CT molecular complexity index is 1320. The molecule has 5 heteroatoms. The van der Waals surface area contributed by atoms with Gasteiger partial charge in [-0.1, -0.05) is 103 Å². The lowest BCUT2D eigenvalue weighted by Gasteiger charge is -2.12. The maximum Gasteiger partial charge on any atom is 0.224 e. The molecule has 0 fully saturated rings. The van der Waals surface area contributed by atoms with E-state index in [0.717, 1.165) is 28.1 Å². The van der Waals surface area contributed by atoms with Crippen molar-refractivity contribution in [3.63, 3.8) is 0 Å². The van der Waals surface area contributed by atoms with Gasteiger partial charge in [-0.2, -0.15) is 0 Å². The van der Waals surface area contributed by atoms with E-state index < -0.39 is 0 Å². The summed E-state index contributed by atoms with van der Waals surface area (Å²) in [5.41, 5.74) is 5.97. The summed E-state index contributed by atoms with van der Waals surface area (Å²) in [6.07, 6.45) is 0. The fourth-order valence-electron chi connectivity index (χ4n) is 3.48. The van der Waals surface area contributed by atoms with Crippen molar-refractivity contribution in [2.75, 3.05) is 5.32 Å². The third-order valence-electron chi connectivity index (χ3n) is 5.02. The molecule has 5 aromatic rings. The van der Waals surface area contributed by atoms with E-state index in [1.165, 1.54) is 0 Å². The van der Waals surface area contributed by atoms with Crippen LogP contribution >= 0.6 is 11.6 Å². The van der Waals surface area contributed by atoms with Crippen LogP contribution in [0.25, 0.3) is 33.5 Å². The topological polar surface area (TPSA) is 50.7 Å². The lowest BCUT2D eigenvalue weighted by Crippen LogP contribution is -2.06. The van der Waals surface area contributed by atoms with E-state index in [2.05, 4.69) is 17.4 Å². The first-order valence-corrected chi connectivity index (χ1v) is 10.4. The summed E-state index contributed by atoms with van der Waals surface area (Å²) in [6, 6.07) is 32.0. The second kappa shape index (κ2) is 8.54. The molecule has 150 valence electrons. The molecule has 2 aromatic heterocycles. The van der Waals surface area contributed by atoms with Gasteiger partial charge in [0.15, 0.2) is 0 Å². The first kappa shape index (κ1) is 19.2. The third kappa shape index (κ3) is 4.11. The normalized spacial score (nSPS) is 10.9. The molecule has 31 heavy (non-hydrogen) atoms. The summed E-state index contributed by atoms with van der Waals surface area (Å²) in [7, 11) is 0. The van der Waals surface area contributed by atoms with Crippen molar-refractivity contribution in [2.45, 2.75) is 6.54 Å². The van der Waals surface area contributed by atoms with Gasteiger partial charge in [-0.15, -0.1) is 0 Å². The van der Waals surface area contributed by atoms with E-state index in [0.29, 0.717) is 28.5 Å². The van der Waals surface area contributed by atoms with E-state index in [-0.39, 0.29) is 0 Å². The fraction of sp³-hybridized carbons (Fsp3) is 0.0385. The van der Waals surface area contributed by atoms with Gasteiger partial charge in [0.05, 0.1) is 10.7 Å². The SMILES string of the molecule is Clc1cc(-c2ccccc2)nc2c(-c3ccccc3)nc(NCc3ccccc3)nc12. The van der Waals surface area contributed by atoms with Crippen molar-refractivity contribution in [3.05, 3.63) is 108 Å². The smallest absolute Gasteiger partial charge is 0.224 e. The maximum absolute atomic E-state index is 6.70. The summed E-state index contributed by atoms with van der Waals surface area (Å²) >= 11 is 6.70. The van der Waals surface area contributed by atoms with E-state index in [1.807, 2.05) is 84.9 Å². The van der Waals surface area contributed by atoms with E-state index in [1.54, 1.807) is 0 Å². The first-order valence-electron chi connectivity index (χ1n) is 10.0. The number of aromatic nitrogens is 3. The highest BCUT2D eigenvalue weighted by Crippen LogP contribution is 2.33. The lowest BCUT2D eigenvalue weighted by atomic mass is 10.1. The zero-order valence-corrected chi connectivity index (χ0v) is 17.4. The predicted molar refractivity (Wildman–Crippen MR) is 127 cm³/mol. The summed E-state index contributed by atoms with van der Waals surface area (Å²) in [6.45, 7) is 0.619. The standard InChI is InChI=1S/C26H19ClN4/c27-21-16-22(19-12-6-2-7-13-19)29-25-23(20-14-8-3-9-15-20)30-26(31-24(21)25)28-17-18-10-4-1-5-11-18/h1-16H,17H2,(H,28,30,31). The summed E-state index contributed by atoms with van der Waals surface area (Å²) in [4.78, 5) is 14.4. The Morgan fingerprint density at radius 3 is 1.94 bits per heavy atom. The quantitative estimate of drug-likeness (QED) is 0.345. The van der Waals surface area contributed by atoms with Gasteiger partial charge in [0.2, 0.25) is 5.95 Å². The van der Waals surface area contributed by atoms with Crippen LogP contribution in [-0.4, -0.2) is 15.0 Å². The number of nitrogens with zero attached hydrogens (tertiary/aromatic N) is 3. The molecular formula is C26H19ClN4. The predicted octanol–water partition coefficient (Wildman–Crippen LogP) is 6.62. The Kier molecular flexibility index (Phi) is 5.29. The van der Waals surface area contributed by atoms with Crippen LogP contribution in [0.15, 0.2) is 97.1 Å². The molecule has 0 saturated carbocycles. The molecule has 0 unspecified atom stereocenters. The number of hydrogen-bond acceptors (Lipinski definition) is 4. The number of rotatable bonds is 5. The van der Waals surface area contributed by atoms with E-state index >= 15 is 0 Å². The second-order valence-corrected chi connectivity index (χ2v) is 7.56. The van der Waals surface area contributed by atoms with Crippen molar-refractivity contribution >= 4 is 28.6 Å². The Morgan fingerprint density at radius 1 is 0.645 bits per heavy atom. The number of benzene rings is 3. The van der Waals surface area contributed by atoms with Crippen LogP contribution in [0, 0.1) is 0 Å². The minimum Gasteiger partial charge on any atom is -0.350 e. The number of hydrogen-bond donors (Lipinski definition) is 1. The van der Waals surface area contributed by atoms with Crippen LogP contribution < -0.4 is 5.32 Å². The van der Waals surface area contributed by atoms with Crippen molar-refractivity contribution < 1.29 is 0 Å². The van der Waals surface area contributed by atoms with Crippen molar-refractivity contribution in [3.8, 4) is 22.5 Å². The Hall–Kier alpha value is -3.76. The molecule has 2 heterocycles. The number of nitrogens with one attached hydrogen (secondary N) is 1. The van der Waals surface area contributed by atoms with Crippen LogP contribution in [0.5, 0.6) is 0 Å². The highest BCUT2D eigenvalue weighted by molar-refractivity contribution is 6.35. The molecule has 0 saturated heterocycles. The molecule has 4 nitrogen and oxygen atoms in total. The van der Waals surface area contributed by atoms with Crippen LogP contribution in [0.3, 0.4) is 0 Å².